The van der Waals surface area contributed by atoms with Crippen molar-refractivity contribution >= 4 is 22.2 Å². The predicted molar refractivity (Wildman–Crippen MR) is 69.8 cm³/mol. The number of aromatic nitrogens is 1. The van der Waals surface area contributed by atoms with Gasteiger partial charge < -0.3 is 10.6 Å². The summed E-state index contributed by atoms with van der Waals surface area (Å²) in [4.78, 5) is 7.11. The summed E-state index contributed by atoms with van der Waals surface area (Å²) in [5.41, 5.74) is 7.18. The van der Waals surface area contributed by atoms with Gasteiger partial charge in [-0.2, -0.15) is 5.26 Å². The molecular formula is C12H12N4S. The summed E-state index contributed by atoms with van der Waals surface area (Å²) < 4.78 is 0. The number of benzene rings is 1. The van der Waals surface area contributed by atoms with Crippen molar-refractivity contribution in [3.8, 4) is 6.07 Å². The highest BCUT2D eigenvalue weighted by Crippen LogP contribution is 2.22. The molecule has 0 spiro atoms. The first-order valence-electron chi connectivity index (χ1n) is 5.11. The number of hydrogen-bond donors (Lipinski definition) is 1. The second-order valence-corrected chi connectivity index (χ2v) is 4.80. The molecule has 0 amide bonds. The lowest BCUT2D eigenvalue weighted by atomic mass is 10.2. The molecule has 0 aliphatic rings. The summed E-state index contributed by atoms with van der Waals surface area (Å²) in [7, 11) is 1.95. The largest absolute Gasteiger partial charge is 0.375 e. The van der Waals surface area contributed by atoms with Crippen molar-refractivity contribution in [2.45, 2.75) is 6.54 Å². The van der Waals surface area contributed by atoms with Gasteiger partial charge in [-0.25, -0.2) is 4.98 Å². The molecule has 4 nitrogen and oxygen atoms in total. The molecule has 86 valence electrons. The molecule has 5 heteroatoms. The van der Waals surface area contributed by atoms with E-state index in [4.69, 9.17) is 11.0 Å². The highest BCUT2D eigenvalue weighted by atomic mass is 32.1. The second-order valence-electron chi connectivity index (χ2n) is 3.65. The van der Waals surface area contributed by atoms with Crippen LogP contribution < -0.4 is 10.6 Å². The second kappa shape index (κ2) is 4.85. The fourth-order valence-electron chi connectivity index (χ4n) is 1.62. The van der Waals surface area contributed by atoms with E-state index in [0.29, 0.717) is 17.2 Å². The van der Waals surface area contributed by atoms with Gasteiger partial charge in [0.25, 0.3) is 0 Å². The van der Waals surface area contributed by atoms with Crippen molar-refractivity contribution in [2.75, 3.05) is 17.7 Å². The van der Waals surface area contributed by atoms with Crippen LogP contribution in [0.2, 0.25) is 0 Å². The van der Waals surface area contributed by atoms with Crippen molar-refractivity contribution in [2.24, 2.45) is 0 Å². The van der Waals surface area contributed by atoms with Crippen molar-refractivity contribution in [1.29, 1.82) is 5.26 Å². The quantitative estimate of drug-likeness (QED) is 0.899. The summed E-state index contributed by atoms with van der Waals surface area (Å²) in [6.45, 7) is 0.702. The molecule has 0 radical (unpaired) electrons. The first-order chi connectivity index (χ1) is 8.20. The SMILES string of the molecule is CN(Cc1cnc(N)s1)c1ccccc1C#N. The Bertz CT molecular complexity index is 556. The van der Waals surface area contributed by atoms with E-state index >= 15 is 0 Å². The third-order valence-electron chi connectivity index (χ3n) is 2.40. The van der Waals surface area contributed by atoms with E-state index in [0.717, 1.165) is 10.6 Å². The monoisotopic (exact) mass is 244 g/mol. The Labute approximate surface area is 104 Å². The highest BCUT2D eigenvalue weighted by Gasteiger charge is 2.08. The molecule has 1 heterocycles. The fraction of sp³-hybridized carbons (Fsp3) is 0.167. The van der Waals surface area contributed by atoms with Gasteiger partial charge in [0.2, 0.25) is 0 Å². The van der Waals surface area contributed by atoms with Crippen LogP contribution in [-0.2, 0) is 6.54 Å². The zero-order valence-corrected chi connectivity index (χ0v) is 10.2. The summed E-state index contributed by atoms with van der Waals surface area (Å²) in [6.07, 6.45) is 1.77. The van der Waals surface area contributed by atoms with E-state index in [2.05, 4.69) is 11.1 Å². The normalized spacial score (nSPS) is 9.88. The number of nitrogens with two attached hydrogens (primary N) is 1. The predicted octanol–water partition coefficient (Wildman–Crippen LogP) is 2.23. The third kappa shape index (κ3) is 2.55. The van der Waals surface area contributed by atoms with Crippen molar-refractivity contribution < 1.29 is 0 Å². The molecule has 2 aromatic rings. The maximum Gasteiger partial charge on any atom is 0.180 e. The molecule has 17 heavy (non-hydrogen) atoms. The standard InChI is InChI=1S/C12H12N4S/c1-16(8-10-7-15-12(14)17-10)11-5-3-2-4-9(11)6-13/h2-5,7H,8H2,1H3,(H2,14,15). The Hall–Kier alpha value is -2.06. The number of anilines is 2. The molecule has 0 aliphatic heterocycles. The van der Waals surface area contributed by atoms with Gasteiger partial charge in [0.1, 0.15) is 6.07 Å². The molecule has 0 fully saturated rings. The first kappa shape index (κ1) is 11.4. The van der Waals surface area contributed by atoms with Crippen LogP contribution >= 0.6 is 11.3 Å². The van der Waals surface area contributed by atoms with Gasteiger partial charge >= 0.3 is 0 Å². The smallest absolute Gasteiger partial charge is 0.180 e. The van der Waals surface area contributed by atoms with Gasteiger partial charge in [-0.15, -0.1) is 11.3 Å². The molecule has 1 aromatic heterocycles. The van der Waals surface area contributed by atoms with Gasteiger partial charge in [0.15, 0.2) is 5.13 Å². The minimum absolute atomic E-state index is 0.571. The van der Waals surface area contributed by atoms with Crippen LogP contribution in [0, 0.1) is 11.3 Å². The van der Waals surface area contributed by atoms with Crippen LogP contribution in [0.4, 0.5) is 10.8 Å². The summed E-state index contributed by atoms with van der Waals surface area (Å²) in [6, 6.07) is 9.72. The molecule has 0 bridgehead atoms. The first-order valence-corrected chi connectivity index (χ1v) is 5.93. The highest BCUT2D eigenvalue weighted by molar-refractivity contribution is 7.15. The number of nitrogens with zero attached hydrogens (tertiary/aromatic N) is 3. The summed E-state index contributed by atoms with van der Waals surface area (Å²) in [5, 5.41) is 9.60. The molecule has 1 aromatic carbocycles. The van der Waals surface area contributed by atoms with Crippen LogP contribution in [0.5, 0.6) is 0 Å². The van der Waals surface area contributed by atoms with Crippen molar-refractivity contribution in [3.63, 3.8) is 0 Å². The third-order valence-corrected chi connectivity index (χ3v) is 3.21. The van der Waals surface area contributed by atoms with E-state index in [-0.39, 0.29) is 0 Å². The molecule has 0 unspecified atom stereocenters. The number of hydrogen-bond acceptors (Lipinski definition) is 5. The lowest BCUT2D eigenvalue weighted by Crippen LogP contribution is -2.16. The molecule has 0 saturated carbocycles. The molecule has 0 atom stereocenters. The Morgan fingerprint density at radius 2 is 2.24 bits per heavy atom. The lowest BCUT2D eigenvalue weighted by molar-refractivity contribution is 0.934. The maximum absolute atomic E-state index is 9.03. The van der Waals surface area contributed by atoms with Crippen LogP contribution in [0.1, 0.15) is 10.4 Å². The van der Waals surface area contributed by atoms with Crippen LogP contribution in [0.15, 0.2) is 30.5 Å². The number of rotatable bonds is 3. The van der Waals surface area contributed by atoms with E-state index in [9.17, 15) is 0 Å². The maximum atomic E-state index is 9.03. The zero-order valence-electron chi connectivity index (χ0n) is 9.42. The van der Waals surface area contributed by atoms with E-state index < -0.39 is 0 Å². The number of para-hydroxylation sites is 1. The summed E-state index contributed by atoms with van der Waals surface area (Å²) >= 11 is 1.47. The van der Waals surface area contributed by atoms with Crippen LogP contribution in [0.3, 0.4) is 0 Å². The molecule has 2 rings (SSSR count). The van der Waals surface area contributed by atoms with Gasteiger partial charge in [-0.05, 0) is 12.1 Å². The fourth-order valence-corrected chi connectivity index (χ4v) is 2.35. The van der Waals surface area contributed by atoms with E-state index in [1.807, 2.05) is 36.2 Å². The molecule has 0 aliphatic carbocycles. The summed E-state index contributed by atoms with van der Waals surface area (Å²) in [5.74, 6) is 0. The van der Waals surface area contributed by atoms with Crippen LogP contribution in [0.25, 0.3) is 0 Å². The van der Waals surface area contributed by atoms with Gasteiger partial charge in [0.05, 0.1) is 17.8 Å². The minimum Gasteiger partial charge on any atom is -0.375 e. The molecule has 2 N–H and O–H groups in total. The Kier molecular flexibility index (Phi) is 3.26. The molecular weight excluding hydrogens is 232 g/mol. The van der Waals surface area contributed by atoms with Gasteiger partial charge in [0, 0.05) is 18.1 Å². The number of nitrogen functional groups attached to an aromatic ring is 1. The Morgan fingerprint density at radius 3 is 2.88 bits per heavy atom. The van der Waals surface area contributed by atoms with Crippen molar-refractivity contribution in [3.05, 3.63) is 40.9 Å². The van der Waals surface area contributed by atoms with E-state index in [1.54, 1.807) is 6.20 Å². The Morgan fingerprint density at radius 1 is 1.47 bits per heavy atom. The Balaban J connectivity index is 2.20. The van der Waals surface area contributed by atoms with Gasteiger partial charge in [-0.1, -0.05) is 12.1 Å². The number of nitriles is 1. The number of thiazole rings is 1. The average Bonchev–Trinajstić information content (AvgIpc) is 2.74. The van der Waals surface area contributed by atoms with E-state index in [1.165, 1.54) is 11.3 Å². The minimum atomic E-state index is 0.571. The lowest BCUT2D eigenvalue weighted by Gasteiger charge is -2.19. The van der Waals surface area contributed by atoms with Crippen LogP contribution in [-0.4, -0.2) is 12.0 Å². The molecule has 0 saturated heterocycles. The topological polar surface area (TPSA) is 65.9 Å². The zero-order chi connectivity index (χ0) is 12.3. The van der Waals surface area contributed by atoms with Gasteiger partial charge in [-0.3, -0.25) is 0 Å². The van der Waals surface area contributed by atoms with Crippen molar-refractivity contribution in [1.82, 2.24) is 4.98 Å². The average molecular weight is 244 g/mol.